The molecule has 2 N–H and O–H groups in total. The fraction of sp³-hybridized carbons (Fsp3) is 0.235. The summed E-state index contributed by atoms with van der Waals surface area (Å²) in [5.41, 5.74) is 6.77. The molecular weight excluding hydrogens is 307 g/mol. The van der Waals surface area contributed by atoms with Crippen molar-refractivity contribution in [3.8, 4) is 11.1 Å². The van der Waals surface area contributed by atoms with Crippen molar-refractivity contribution >= 4 is 11.7 Å². The minimum Gasteiger partial charge on any atom is -0.461 e. The minimum absolute atomic E-state index is 0.0452. The van der Waals surface area contributed by atoms with Crippen molar-refractivity contribution in [1.82, 2.24) is 0 Å². The Morgan fingerprint density at radius 1 is 1.04 bits per heavy atom. The highest BCUT2D eigenvalue weighted by atomic mass is 19.2. The maximum atomic E-state index is 13.8. The predicted molar refractivity (Wildman–Crippen MR) is 80.9 cm³/mol. The summed E-state index contributed by atoms with van der Waals surface area (Å²) in [5.74, 6) is -3.64. The van der Waals surface area contributed by atoms with Gasteiger partial charge >= 0.3 is 5.97 Å². The first kappa shape index (κ1) is 16.9. The Hall–Kier alpha value is -2.50. The molecule has 0 heterocycles. The molecule has 23 heavy (non-hydrogen) atoms. The van der Waals surface area contributed by atoms with Gasteiger partial charge < -0.3 is 10.5 Å². The molecule has 122 valence electrons. The van der Waals surface area contributed by atoms with Crippen LogP contribution in [0.4, 0.5) is 18.9 Å². The number of carbonyl (C=O) groups excluding carboxylic acids is 1. The number of benzene rings is 2. The SMILES string of the molecule is CCCC(=O)OCc1ccc(-c2cc(F)c(F)cc2F)c(N)c1. The molecule has 0 aliphatic heterocycles. The number of esters is 1. The molecular formula is C17H16F3NO2. The molecule has 0 saturated heterocycles. The first-order chi connectivity index (χ1) is 10.9. The Kier molecular flexibility index (Phi) is 5.26. The van der Waals surface area contributed by atoms with E-state index in [0.717, 1.165) is 6.07 Å². The molecule has 0 aliphatic rings. The van der Waals surface area contributed by atoms with Crippen LogP contribution < -0.4 is 5.73 Å². The Morgan fingerprint density at radius 2 is 1.74 bits per heavy atom. The van der Waals surface area contributed by atoms with E-state index in [9.17, 15) is 18.0 Å². The zero-order valence-corrected chi connectivity index (χ0v) is 12.5. The van der Waals surface area contributed by atoms with Crippen molar-refractivity contribution in [2.24, 2.45) is 0 Å². The molecule has 0 unspecified atom stereocenters. The third-order valence-electron chi connectivity index (χ3n) is 3.27. The van der Waals surface area contributed by atoms with Crippen molar-refractivity contribution < 1.29 is 22.7 Å². The van der Waals surface area contributed by atoms with Crippen LogP contribution in [0.5, 0.6) is 0 Å². The molecule has 0 spiro atoms. The van der Waals surface area contributed by atoms with Gasteiger partial charge in [0.05, 0.1) is 0 Å². The normalized spacial score (nSPS) is 10.6. The van der Waals surface area contributed by atoms with Gasteiger partial charge in [-0.2, -0.15) is 0 Å². The van der Waals surface area contributed by atoms with E-state index in [2.05, 4.69) is 0 Å². The van der Waals surface area contributed by atoms with Crippen molar-refractivity contribution in [2.45, 2.75) is 26.4 Å². The van der Waals surface area contributed by atoms with Crippen LogP contribution >= 0.6 is 0 Å². The Labute approximate surface area is 131 Å². The van der Waals surface area contributed by atoms with Gasteiger partial charge in [-0.15, -0.1) is 0 Å². The van der Waals surface area contributed by atoms with Crippen LogP contribution in [0.15, 0.2) is 30.3 Å². The van der Waals surface area contributed by atoms with E-state index >= 15 is 0 Å². The summed E-state index contributed by atoms with van der Waals surface area (Å²) in [6, 6.07) is 5.82. The summed E-state index contributed by atoms with van der Waals surface area (Å²) in [6.45, 7) is 1.91. The average Bonchev–Trinajstić information content (AvgIpc) is 2.50. The second kappa shape index (κ2) is 7.17. The molecule has 2 aromatic carbocycles. The summed E-state index contributed by atoms with van der Waals surface area (Å²) in [4.78, 5) is 11.3. The van der Waals surface area contributed by atoms with Crippen LogP contribution in [0.25, 0.3) is 11.1 Å². The van der Waals surface area contributed by atoms with E-state index in [4.69, 9.17) is 10.5 Å². The van der Waals surface area contributed by atoms with Crippen LogP contribution in [0.1, 0.15) is 25.3 Å². The zero-order chi connectivity index (χ0) is 17.0. The molecule has 0 aromatic heterocycles. The number of halogens is 3. The number of ether oxygens (including phenoxy) is 1. The monoisotopic (exact) mass is 323 g/mol. The second-order valence-electron chi connectivity index (χ2n) is 5.08. The molecule has 0 fully saturated rings. The number of nitrogen functional groups attached to an aromatic ring is 1. The lowest BCUT2D eigenvalue weighted by atomic mass is 10.0. The highest BCUT2D eigenvalue weighted by molar-refractivity contribution is 5.77. The van der Waals surface area contributed by atoms with Crippen LogP contribution in [0.2, 0.25) is 0 Å². The van der Waals surface area contributed by atoms with Gasteiger partial charge in [0.15, 0.2) is 11.6 Å². The summed E-state index contributed by atoms with van der Waals surface area (Å²) >= 11 is 0. The Balaban J connectivity index is 2.23. The van der Waals surface area contributed by atoms with Gasteiger partial charge in [0.2, 0.25) is 0 Å². The second-order valence-corrected chi connectivity index (χ2v) is 5.08. The van der Waals surface area contributed by atoms with Crippen LogP contribution in [0.3, 0.4) is 0 Å². The molecule has 2 rings (SSSR count). The van der Waals surface area contributed by atoms with E-state index in [1.807, 2.05) is 6.92 Å². The van der Waals surface area contributed by atoms with E-state index in [1.54, 1.807) is 6.07 Å². The lowest BCUT2D eigenvalue weighted by Gasteiger charge is -2.10. The van der Waals surface area contributed by atoms with E-state index in [1.165, 1.54) is 12.1 Å². The minimum atomic E-state index is -1.26. The average molecular weight is 323 g/mol. The molecule has 0 bridgehead atoms. The highest BCUT2D eigenvalue weighted by Crippen LogP contribution is 2.30. The number of rotatable bonds is 5. The molecule has 6 heteroatoms. The van der Waals surface area contributed by atoms with Crippen molar-refractivity contribution in [2.75, 3.05) is 5.73 Å². The molecule has 0 saturated carbocycles. The van der Waals surface area contributed by atoms with Crippen molar-refractivity contribution in [1.29, 1.82) is 0 Å². The fourth-order valence-electron chi connectivity index (χ4n) is 2.12. The summed E-state index contributed by atoms with van der Waals surface area (Å²) < 4.78 is 45.1. The van der Waals surface area contributed by atoms with Gasteiger partial charge in [-0.05, 0) is 24.1 Å². The standard InChI is InChI=1S/C17H16F3NO2/c1-2-3-17(22)23-9-10-4-5-11(16(21)6-10)12-7-14(19)15(20)8-13(12)18/h4-8H,2-3,9,21H2,1H3. The first-order valence-corrected chi connectivity index (χ1v) is 7.11. The first-order valence-electron chi connectivity index (χ1n) is 7.11. The largest absolute Gasteiger partial charge is 0.461 e. The molecule has 2 aromatic rings. The van der Waals surface area contributed by atoms with Gasteiger partial charge in [0, 0.05) is 29.3 Å². The summed E-state index contributed by atoms with van der Waals surface area (Å²) in [6.07, 6.45) is 1.02. The van der Waals surface area contributed by atoms with Gasteiger partial charge in [0.1, 0.15) is 12.4 Å². The predicted octanol–water partition coefficient (Wildman–Crippen LogP) is 4.20. The summed E-state index contributed by atoms with van der Waals surface area (Å²) in [7, 11) is 0. The molecule has 0 radical (unpaired) electrons. The molecule has 3 nitrogen and oxygen atoms in total. The topological polar surface area (TPSA) is 52.3 Å². The van der Waals surface area contributed by atoms with Gasteiger partial charge in [0.25, 0.3) is 0 Å². The molecule has 0 aliphatic carbocycles. The summed E-state index contributed by atoms with van der Waals surface area (Å²) in [5, 5.41) is 0. The van der Waals surface area contributed by atoms with Crippen molar-refractivity contribution in [3.63, 3.8) is 0 Å². The number of nitrogens with two attached hydrogens (primary N) is 1. The number of anilines is 1. The van der Waals surface area contributed by atoms with E-state index in [-0.39, 0.29) is 29.4 Å². The Bertz CT molecular complexity index is 732. The van der Waals surface area contributed by atoms with Gasteiger partial charge in [-0.1, -0.05) is 19.1 Å². The van der Waals surface area contributed by atoms with E-state index in [0.29, 0.717) is 24.5 Å². The highest BCUT2D eigenvalue weighted by Gasteiger charge is 2.14. The smallest absolute Gasteiger partial charge is 0.306 e. The third-order valence-corrected chi connectivity index (χ3v) is 3.27. The maximum Gasteiger partial charge on any atom is 0.306 e. The fourth-order valence-corrected chi connectivity index (χ4v) is 2.12. The van der Waals surface area contributed by atoms with Gasteiger partial charge in [-0.25, -0.2) is 13.2 Å². The van der Waals surface area contributed by atoms with Crippen LogP contribution in [-0.4, -0.2) is 5.97 Å². The van der Waals surface area contributed by atoms with Crippen LogP contribution in [-0.2, 0) is 16.1 Å². The lowest BCUT2D eigenvalue weighted by molar-refractivity contribution is -0.144. The number of carbonyl (C=O) groups is 1. The van der Waals surface area contributed by atoms with Crippen molar-refractivity contribution in [3.05, 3.63) is 53.3 Å². The lowest BCUT2D eigenvalue weighted by Crippen LogP contribution is -2.04. The molecule has 0 atom stereocenters. The Morgan fingerprint density at radius 3 is 2.39 bits per heavy atom. The number of hydrogen-bond acceptors (Lipinski definition) is 3. The third kappa shape index (κ3) is 4.03. The maximum absolute atomic E-state index is 13.8. The molecule has 0 amide bonds. The van der Waals surface area contributed by atoms with Gasteiger partial charge in [-0.3, -0.25) is 4.79 Å². The van der Waals surface area contributed by atoms with Crippen LogP contribution in [0, 0.1) is 17.5 Å². The zero-order valence-electron chi connectivity index (χ0n) is 12.5. The number of hydrogen-bond donors (Lipinski definition) is 1. The van der Waals surface area contributed by atoms with E-state index < -0.39 is 17.5 Å². The quantitative estimate of drug-likeness (QED) is 0.510.